The topological polar surface area (TPSA) is 75.6 Å². The smallest absolute Gasteiger partial charge is 0.189 e. The minimum atomic E-state index is 0.516. The zero-order valence-electron chi connectivity index (χ0n) is 8.73. The van der Waals surface area contributed by atoms with Crippen LogP contribution in [0.15, 0.2) is 11.2 Å². The Kier molecular flexibility index (Phi) is 4.91. The molecule has 15 heavy (non-hydrogen) atoms. The van der Waals surface area contributed by atoms with Gasteiger partial charge in [0.2, 0.25) is 0 Å². The molecule has 0 aromatic carbocycles. The summed E-state index contributed by atoms with van der Waals surface area (Å²) >= 11 is 1.59. The second kappa shape index (κ2) is 6.25. The van der Waals surface area contributed by atoms with E-state index in [0.717, 1.165) is 29.4 Å². The average molecular weight is 222 g/mol. The summed E-state index contributed by atoms with van der Waals surface area (Å²) in [4.78, 5) is 8.38. The summed E-state index contributed by atoms with van der Waals surface area (Å²) in [6.07, 6.45) is 2.57. The molecular formula is C10H14N4S. The lowest BCUT2D eigenvalue weighted by molar-refractivity contribution is 0.826. The third kappa shape index (κ3) is 4.66. The summed E-state index contributed by atoms with van der Waals surface area (Å²) in [5, 5.41) is 9.08. The molecule has 80 valence electrons. The fourth-order valence-electron chi connectivity index (χ4n) is 1.10. The molecule has 2 N–H and O–H groups in total. The van der Waals surface area contributed by atoms with E-state index in [1.165, 1.54) is 0 Å². The van der Waals surface area contributed by atoms with E-state index in [9.17, 15) is 0 Å². The maximum atomic E-state index is 8.36. The van der Waals surface area contributed by atoms with Gasteiger partial charge < -0.3 is 5.73 Å². The van der Waals surface area contributed by atoms with Gasteiger partial charge in [-0.1, -0.05) is 11.8 Å². The van der Waals surface area contributed by atoms with Gasteiger partial charge in [0.25, 0.3) is 0 Å². The molecule has 0 saturated heterocycles. The molecule has 0 radical (unpaired) electrons. The normalized spacial score (nSPS) is 9.87. The van der Waals surface area contributed by atoms with Crippen molar-refractivity contribution in [2.45, 2.75) is 31.3 Å². The Balaban J connectivity index is 2.34. The molecule has 1 heterocycles. The van der Waals surface area contributed by atoms with Crippen molar-refractivity contribution in [1.29, 1.82) is 5.26 Å². The van der Waals surface area contributed by atoms with Crippen molar-refractivity contribution in [3.63, 3.8) is 0 Å². The molecular weight excluding hydrogens is 208 g/mol. The molecule has 0 fully saturated rings. The Morgan fingerprint density at radius 2 is 2.27 bits per heavy atom. The Bertz CT molecular complexity index is 339. The fourth-order valence-corrected chi connectivity index (χ4v) is 2.01. The highest BCUT2D eigenvalue weighted by molar-refractivity contribution is 7.99. The summed E-state index contributed by atoms with van der Waals surface area (Å²) < 4.78 is 0. The highest BCUT2D eigenvalue weighted by atomic mass is 32.2. The van der Waals surface area contributed by atoms with E-state index < -0.39 is 0 Å². The van der Waals surface area contributed by atoms with E-state index in [1.807, 2.05) is 6.92 Å². The largest absolute Gasteiger partial charge is 0.384 e. The van der Waals surface area contributed by atoms with E-state index >= 15 is 0 Å². The number of nitrogen functional groups attached to an aromatic ring is 1. The first-order chi connectivity index (χ1) is 7.22. The molecule has 0 spiro atoms. The minimum Gasteiger partial charge on any atom is -0.384 e. The summed E-state index contributed by atoms with van der Waals surface area (Å²) in [6, 6.07) is 3.87. The van der Waals surface area contributed by atoms with E-state index in [4.69, 9.17) is 11.0 Å². The van der Waals surface area contributed by atoms with Crippen LogP contribution in [0.4, 0.5) is 5.82 Å². The van der Waals surface area contributed by atoms with Crippen molar-refractivity contribution < 1.29 is 0 Å². The maximum absolute atomic E-state index is 8.36. The van der Waals surface area contributed by atoms with Crippen LogP contribution in [0.2, 0.25) is 0 Å². The van der Waals surface area contributed by atoms with Gasteiger partial charge in [-0.25, -0.2) is 9.97 Å². The molecule has 0 aliphatic rings. The monoisotopic (exact) mass is 222 g/mol. The molecule has 1 rings (SSSR count). The molecule has 0 unspecified atom stereocenters. The molecule has 0 aliphatic carbocycles. The molecule has 0 atom stereocenters. The first-order valence-electron chi connectivity index (χ1n) is 4.83. The van der Waals surface area contributed by atoms with Crippen molar-refractivity contribution in [1.82, 2.24) is 9.97 Å². The van der Waals surface area contributed by atoms with Crippen LogP contribution in [0.25, 0.3) is 0 Å². The molecule has 0 aliphatic heterocycles. The lowest BCUT2D eigenvalue weighted by Crippen LogP contribution is -1.96. The summed E-state index contributed by atoms with van der Waals surface area (Å²) in [5.41, 5.74) is 6.49. The van der Waals surface area contributed by atoms with Gasteiger partial charge in [0, 0.05) is 23.9 Å². The Morgan fingerprint density at radius 3 is 2.93 bits per heavy atom. The standard InChI is InChI=1S/C10H14N4S/c1-8-7-9(12)14-10(13-8)15-6-4-2-3-5-11/h7H,2-4,6H2,1H3,(H2,12,13,14). The number of nitriles is 1. The van der Waals surface area contributed by atoms with Gasteiger partial charge >= 0.3 is 0 Å². The number of nitrogens with two attached hydrogens (primary N) is 1. The summed E-state index contributed by atoms with van der Waals surface area (Å²) in [6.45, 7) is 1.90. The zero-order chi connectivity index (χ0) is 11.1. The van der Waals surface area contributed by atoms with Crippen LogP contribution in [0.3, 0.4) is 0 Å². The Hall–Kier alpha value is -1.28. The number of aromatic nitrogens is 2. The van der Waals surface area contributed by atoms with Gasteiger partial charge in [-0.15, -0.1) is 0 Å². The molecule has 4 nitrogen and oxygen atoms in total. The van der Waals surface area contributed by atoms with E-state index in [0.29, 0.717) is 12.2 Å². The van der Waals surface area contributed by atoms with Crippen molar-refractivity contribution in [2.75, 3.05) is 11.5 Å². The van der Waals surface area contributed by atoms with Crippen molar-refractivity contribution in [3.8, 4) is 6.07 Å². The lowest BCUT2D eigenvalue weighted by atomic mass is 10.3. The maximum Gasteiger partial charge on any atom is 0.189 e. The molecule has 0 saturated carbocycles. The fraction of sp³-hybridized carbons (Fsp3) is 0.500. The van der Waals surface area contributed by atoms with Crippen LogP contribution in [-0.4, -0.2) is 15.7 Å². The van der Waals surface area contributed by atoms with E-state index in [2.05, 4.69) is 16.0 Å². The Labute approximate surface area is 93.9 Å². The minimum absolute atomic E-state index is 0.516. The zero-order valence-corrected chi connectivity index (χ0v) is 9.55. The highest BCUT2D eigenvalue weighted by Crippen LogP contribution is 2.16. The van der Waals surface area contributed by atoms with Gasteiger partial charge in [0.05, 0.1) is 6.07 Å². The Morgan fingerprint density at radius 1 is 1.47 bits per heavy atom. The van der Waals surface area contributed by atoms with Crippen molar-refractivity contribution in [2.24, 2.45) is 0 Å². The third-order valence-corrected chi connectivity index (χ3v) is 2.70. The van der Waals surface area contributed by atoms with Gasteiger partial charge in [-0.2, -0.15) is 5.26 Å². The van der Waals surface area contributed by atoms with Gasteiger partial charge in [-0.05, 0) is 19.8 Å². The average Bonchev–Trinajstić information content (AvgIpc) is 2.16. The number of unbranched alkanes of at least 4 members (excludes halogenated alkanes) is 2. The molecule has 1 aromatic rings. The summed E-state index contributed by atoms with van der Waals surface area (Å²) in [5.74, 6) is 1.45. The number of aryl methyl sites for hydroxylation is 1. The molecule has 0 bridgehead atoms. The lowest BCUT2D eigenvalue weighted by Gasteiger charge is -2.01. The number of thioether (sulfide) groups is 1. The molecule has 0 amide bonds. The van der Waals surface area contributed by atoms with E-state index in [1.54, 1.807) is 17.8 Å². The van der Waals surface area contributed by atoms with E-state index in [-0.39, 0.29) is 0 Å². The van der Waals surface area contributed by atoms with Crippen LogP contribution >= 0.6 is 11.8 Å². The van der Waals surface area contributed by atoms with Gasteiger partial charge in [0.15, 0.2) is 5.16 Å². The van der Waals surface area contributed by atoms with Crippen LogP contribution in [0.1, 0.15) is 25.0 Å². The first-order valence-corrected chi connectivity index (χ1v) is 5.82. The molecule has 5 heteroatoms. The van der Waals surface area contributed by atoms with Crippen molar-refractivity contribution >= 4 is 17.6 Å². The predicted molar refractivity (Wildman–Crippen MR) is 61.4 cm³/mol. The molecule has 1 aromatic heterocycles. The quantitative estimate of drug-likeness (QED) is 0.469. The van der Waals surface area contributed by atoms with Gasteiger partial charge in [-0.3, -0.25) is 0 Å². The van der Waals surface area contributed by atoms with Crippen LogP contribution in [0, 0.1) is 18.3 Å². The first kappa shape index (κ1) is 11.8. The summed E-state index contributed by atoms with van der Waals surface area (Å²) in [7, 11) is 0. The second-order valence-electron chi connectivity index (χ2n) is 3.18. The number of nitrogens with zero attached hydrogens (tertiary/aromatic N) is 3. The van der Waals surface area contributed by atoms with Gasteiger partial charge in [0.1, 0.15) is 5.82 Å². The third-order valence-electron chi connectivity index (χ3n) is 1.77. The second-order valence-corrected chi connectivity index (χ2v) is 4.24. The SMILES string of the molecule is Cc1cc(N)nc(SCCCCC#N)n1. The van der Waals surface area contributed by atoms with Crippen molar-refractivity contribution in [3.05, 3.63) is 11.8 Å². The number of hydrogen-bond acceptors (Lipinski definition) is 5. The van der Waals surface area contributed by atoms with Crippen LogP contribution < -0.4 is 5.73 Å². The number of rotatable bonds is 5. The predicted octanol–water partition coefficient (Wildman–Crippen LogP) is 2.15. The van der Waals surface area contributed by atoms with Crippen LogP contribution in [-0.2, 0) is 0 Å². The van der Waals surface area contributed by atoms with Crippen LogP contribution in [0.5, 0.6) is 0 Å². The number of hydrogen-bond donors (Lipinski definition) is 1. The number of anilines is 1. The highest BCUT2D eigenvalue weighted by Gasteiger charge is 2.00.